The molecule has 1 aliphatic heterocycles. The highest BCUT2D eigenvalue weighted by atomic mass is 16.5. The second kappa shape index (κ2) is 4.42. The van der Waals surface area contributed by atoms with Gasteiger partial charge in [0, 0.05) is 19.2 Å². The molecule has 1 N–H and O–H groups in total. The molecule has 1 saturated heterocycles. The van der Waals surface area contributed by atoms with Crippen molar-refractivity contribution < 1.29 is 4.74 Å². The molecule has 2 nitrogen and oxygen atoms in total. The summed E-state index contributed by atoms with van der Waals surface area (Å²) in [6.45, 7) is 9.06. The third kappa shape index (κ3) is 3.76. The number of hydrogen-bond donors (Lipinski definition) is 1. The van der Waals surface area contributed by atoms with Crippen molar-refractivity contribution in [1.29, 1.82) is 0 Å². The quantitative estimate of drug-likeness (QED) is 0.771. The number of rotatable bonds is 4. The van der Waals surface area contributed by atoms with Crippen LogP contribution in [0.4, 0.5) is 0 Å². The summed E-state index contributed by atoms with van der Waals surface area (Å²) >= 11 is 0. The third-order valence-electron chi connectivity index (χ3n) is 3.41. The third-order valence-corrected chi connectivity index (χ3v) is 3.41. The average molecular weight is 211 g/mol. The van der Waals surface area contributed by atoms with Gasteiger partial charge in [-0.2, -0.15) is 0 Å². The van der Waals surface area contributed by atoms with Gasteiger partial charge in [0.15, 0.2) is 0 Å². The van der Waals surface area contributed by atoms with Crippen LogP contribution in [-0.2, 0) is 4.74 Å². The molecule has 2 rings (SSSR count). The highest BCUT2D eigenvalue weighted by Gasteiger charge is 2.32. The van der Waals surface area contributed by atoms with E-state index in [0.717, 1.165) is 18.6 Å². The standard InChI is InChI=1S/C13H25NO/c1-13(2,3)8-12-10(6-7-15-12)9-14-11-4-5-11/h10-12,14H,4-9H2,1-3H3. The minimum absolute atomic E-state index is 0.396. The summed E-state index contributed by atoms with van der Waals surface area (Å²) in [4.78, 5) is 0. The van der Waals surface area contributed by atoms with Crippen molar-refractivity contribution >= 4 is 0 Å². The highest BCUT2D eigenvalue weighted by molar-refractivity contribution is 4.86. The van der Waals surface area contributed by atoms with Crippen molar-refractivity contribution in [3.8, 4) is 0 Å². The summed E-state index contributed by atoms with van der Waals surface area (Å²) in [6, 6.07) is 0.834. The first-order chi connectivity index (χ1) is 7.04. The molecule has 0 amide bonds. The monoisotopic (exact) mass is 211 g/mol. The molecule has 1 aliphatic carbocycles. The zero-order valence-corrected chi connectivity index (χ0v) is 10.4. The predicted molar refractivity (Wildman–Crippen MR) is 62.9 cm³/mol. The van der Waals surface area contributed by atoms with Crippen LogP contribution in [0.5, 0.6) is 0 Å². The predicted octanol–water partition coefficient (Wildman–Crippen LogP) is 2.58. The minimum Gasteiger partial charge on any atom is -0.378 e. The van der Waals surface area contributed by atoms with Crippen LogP contribution in [0, 0.1) is 11.3 Å². The van der Waals surface area contributed by atoms with Gasteiger partial charge >= 0.3 is 0 Å². The Bertz CT molecular complexity index is 205. The smallest absolute Gasteiger partial charge is 0.0621 e. The molecule has 0 bridgehead atoms. The Hall–Kier alpha value is -0.0800. The molecule has 0 aromatic heterocycles. The molecule has 1 heterocycles. The Morgan fingerprint density at radius 2 is 1.93 bits per heavy atom. The highest BCUT2D eigenvalue weighted by Crippen LogP contribution is 2.32. The van der Waals surface area contributed by atoms with Gasteiger partial charge in [-0.15, -0.1) is 0 Å². The van der Waals surface area contributed by atoms with Gasteiger partial charge in [0.2, 0.25) is 0 Å². The molecule has 0 spiro atoms. The average Bonchev–Trinajstić information content (AvgIpc) is 2.84. The normalized spacial score (nSPS) is 32.2. The first-order valence-electron chi connectivity index (χ1n) is 6.39. The Morgan fingerprint density at radius 1 is 1.20 bits per heavy atom. The lowest BCUT2D eigenvalue weighted by Gasteiger charge is -2.26. The topological polar surface area (TPSA) is 21.3 Å². The lowest BCUT2D eigenvalue weighted by Crippen LogP contribution is -2.32. The van der Waals surface area contributed by atoms with Crippen molar-refractivity contribution in [3.63, 3.8) is 0 Å². The Morgan fingerprint density at radius 3 is 2.53 bits per heavy atom. The van der Waals surface area contributed by atoms with E-state index in [9.17, 15) is 0 Å². The zero-order chi connectivity index (χ0) is 10.9. The minimum atomic E-state index is 0.396. The van der Waals surface area contributed by atoms with Crippen LogP contribution >= 0.6 is 0 Å². The molecule has 2 heteroatoms. The molecule has 0 radical (unpaired) electrons. The fourth-order valence-electron chi connectivity index (χ4n) is 2.36. The summed E-state index contributed by atoms with van der Waals surface area (Å²) in [5.74, 6) is 0.754. The fraction of sp³-hybridized carbons (Fsp3) is 1.00. The van der Waals surface area contributed by atoms with Gasteiger partial charge in [-0.05, 0) is 37.0 Å². The molecule has 2 atom stereocenters. The SMILES string of the molecule is CC(C)(C)CC1OCCC1CNC1CC1. The maximum Gasteiger partial charge on any atom is 0.0621 e. The second-order valence-corrected chi connectivity index (χ2v) is 6.41. The van der Waals surface area contributed by atoms with Crippen molar-refractivity contribution in [1.82, 2.24) is 5.32 Å². The van der Waals surface area contributed by atoms with E-state index in [4.69, 9.17) is 4.74 Å². The largest absolute Gasteiger partial charge is 0.378 e. The van der Waals surface area contributed by atoms with E-state index in [1.54, 1.807) is 0 Å². The molecule has 0 aromatic rings. The molecular weight excluding hydrogens is 186 g/mol. The molecular formula is C13H25NO. The summed E-state index contributed by atoms with van der Waals surface area (Å²) in [5.41, 5.74) is 0.396. The van der Waals surface area contributed by atoms with E-state index < -0.39 is 0 Å². The van der Waals surface area contributed by atoms with Crippen molar-refractivity contribution in [2.75, 3.05) is 13.2 Å². The van der Waals surface area contributed by atoms with E-state index >= 15 is 0 Å². The van der Waals surface area contributed by atoms with Crippen LogP contribution < -0.4 is 5.32 Å². The van der Waals surface area contributed by atoms with Gasteiger partial charge in [0.05, 0.1) is 6.10 Å². The molecule has 2 aliphatic rings. The van der Waals surface area contributed by atoms with Gasteiger partial charge in [0.1, 0.15) is 0 Å². The van der Waals surface area contributed by atoms with Crippen LogP contribution in [0.1, 0.15) is 46.5 Å². The van der Waals surface area contributed by atoms with Gasteiger partial charge in [-0.25, -0.2) is 0 Å². The van der Waals surface area contributed by atoms with E-state index in [1.807, 2.05) is 0 Å². The van der Waals surface area contributed by atoms with Crippen LogP contribution in [-0.4, -0.2) is 25.3 Å². The maximum absolute atomic E-state index is 5.85. The summed E-state index contributed by atoms with van der Waals surface area (Å²) in [7, 11) is 0. The molecule has 0 aromatic carbocycles. The van der Waals surface area contributed by atoms with E-state index in [2.05, 4.69) is 26.1 Å². The molecule has 15 heavy (non-hydrogen) atoms. The number of nitrogens with one attached hydrogen (secondary N) is 1. The fourth-order valence-corrected chi connectivity index (χ4v) is 2.36. The zero-order valence-electron chi connectivity index (χ0n) is 10.4. The number of hydrogen-bond acceptors (Lipinski definition) is 2. The van der Waals surface area contributed by atoms with Gasteiger partial charge in [-0.3, -0.25) is 0 Å². The Labute approximate surface area is 93.8 Å². The first kappa shape index (κ1) is 11.4. The van der Waals surface area contributed by atoms with E-state index in [1.165, 1.54) is 32.2 Å². The van der Waals surface area contributed by atoms with Gasteiger partial charge < -0.3 is 10.1 Å². The number of ether oxygens (including phenoxy) is 1. The summed E-state index contributed by atoms with van der Waals surface area (Å²) < 4.78 is 5.85. The van der Waals surface area contributed by atoms with Crippen molar-refractivity contribution in [2.24, 2.45) is 11.3 Å². The summed E-state index contributed by atoms with van der Waals surface area (Å²) in [6.07, 6.45) is 5.72. The summed E-state index contributed by atoms with van der Waals surface area (Å²) in [5, 5.41) is 3.63. The Kier molecular flexibility index (Phi) is 3.36. The van der Waals surface area contributed by atoms with Crippen LogP contribution in [0.3, 0.4) is 0 Å². The van der Waals surface area contributed by atoms with Crippen LogP contribution in [0.25, 0.3) is 0 Å². The van der Waals surface area contributed by atoms with Gasteiger partial charge in [0.25, 0.3) is 0 Å². The lowest BCUT2D eigenvalue weighted by molar-refractivity contribution is 0.0559. The van der Waals surface area contributed by atoms with Crippen molar-refractivity contribution in [3.05, 3.63) is 0 Å². The molecule has 88 valence electrons. The molecule has 2 unspecified atom stereocenters. The van der Waals surface area contributed by atoms with E-state index in [-0.39, 0.29) is 0 Å². The van der Waals surface area contributed by atoms with Crippen LogP contribution in [0.15, 0.2) is 0 Å². The molecule has 2 fully saturated rings. The Balaban J connectivity index is 1.76. The molecule has 1 saturated carbocycles. The van der Waals surface area contributed by atoms with Gasteiger partial charge in [-0.1, -0.05) is 20.8 Å². The lowest BCUT2D eigenvalue weighted by atomic mass is 9.84. The van der Waals surface area contributed by atoms with Crippen LogP contribution in [0.2, 0.25) is 0 Å². The van der Waals surface area contributed by atoms with Crippen molar-refractivity contribution in [2.45, 2.75) is 58.6 Å². The maximum atomic E-state index is 5.85. The second-order valence-electron chi connectivity index (χ2n) is 6.41. The van der Waals surface area contributed by atoms with E-state index in [0.29, 0.717) is 11.5 Å². The first-order valence-corrected chi connectivity index (χ1v) is 6.39.